The zero-order valence-corrected chi connectivity index (χ0v) is 18.4. The molecule has 0 aliphatic carbocycles. The van der Waals surface area contributed by atoms with Gasteiger partial charge in [-0.15, -0.1) is 0 Å². The zero-order chi connectivity index (χ0) is 21.8. The Labute approximate surface area is 183 Å². The van der Waals surface area contributed by atoms with Gasteiger partial charge in [-0.1, -0.05) is 51.1 Å². The number of aromatic nitrogens is 4. The van der Waals surface area contributed by atoms with E-state index in [9.17, 15) is 4.79 Å². The number of carbonyl (C=O) groups excluding carboxylic acids is 1. The van der Waals surface area contributed by atoms with E-state index in [2.05, 4.69) is 32.5 Å². The third-order valence-electron chi connectivity index (χ3n) is 5.75. The number of aromatic amines is 1. The average molecular weight is 419 g/mol. The van der Waals surface area contributed by atoms with Gasteiger partial charge in [-0.3, -0.25) is 9.89 Å². The highest BCUT2D eigenvalue weighted by Gasteiger charge is 2.25. The van der Waals surface area contributed by atoms with Crippen LogP contribution in [0.3, 0.4) is 0 Å². The van der Waals surface area contributed by atoms with Crippen LogP contribution in [0.4, 0.5) is 5.82 Å². The summed E-state index contributed by atoms with van der Waals surface area (Å²) in [5.74, 6) is 1.50. The number of nitrogens with one attached hydrogen (secondary N) is 2. The van der Waals surface area contributed by atoms with E-state index >= 15 is 0 Å². The first-order valence-electron chi connectivity index (χ1n) is 10.9. The number of amides is 1. The monoisotopic (exact) mass is 418 g/mol. The maximum absolute atomic E-state index is 12.1. The SMILES string of the molecule is CC(C)(C)C(=O)NCC1CCN(c2cnc(-c3cn[nH]c3)c(-c3ccccc3)n2)CC1. The van der Waals surface area contributed by atoms with E-state index in [1.807, 2.05) is 51.4 Å². The van der Waals surface area contributed by atoms with Crippen LogP contribution in [0.15, 0.2) is 48.9 Å². The Kier molecular flexibility index (Phi) is 6.02. The van der Waals surface area contributed by atoms with Crippen LogP contribution in [0.25, 0.3) is 22.5 Å². The van der Waals surface area contributed by atoms with Crippen molar-refractivity contribution >= 4 is 11.7 Å². The second kappa shape index (κ2) is 8.88. The molecule has 1 aliphatic heterocycles. The molecule has 162 valence electrons. The number of benzene rings is 1. The van der Waals surface area contributed by atoms with Gasteiger partial charge >= 0.3 is 0 Å². The molecule has 31 heavy (non-hydrogen) atoms. The molecule has 1 aromatic carbocycles. The highest BCUT2D eigenvalue weighted by atomic mass is 16.2. The van der Waals surface area contributed by atoms with Crippen LogP contribution in [-0.2, 0) is 4.79 Å². The maximum Gasteiger partial charge on any atom is 0.225 e. The lowest BCUT2D eigenvalue weighted by Crippen LogP contribution is -2.42. The second-order valence-corrected chi connectivity index (χ2v) is 9.17. The molecule has 1 amide bonds. The summed E-state index contributed by atoms with van der Waals surface area (Å²) in [7, 11) is 0. The minimum Gasteiger partial charge on any atom is -0.355 e. The van der Waals surface area contributed by atoms with E-state index in [4.69, 9.17) is 9.97 Å². The maximum atomic E-state index is 12.1. The zero-order valence-electron chi connectivity index (χ0n) is 18.4. The topological polar surface area (TPSA) is 86.8 Å². The molecule has 0 unspecified atom stereocenters. The fourth-order valence-electron chi connectivity index (χ4n) is 3.79. The van der Waals surface area contributed by atoms with Crippen LogP contribution in [0.5, 0.6) is 0 Å². The van der Waals surface area contributed by atoms with Gasteiger partial charge in [0.15, 0.2) is 0 Å². The number of nitrogens with zero attached hydrogens (tertiary/aromatic N) is 4. The molecule has 4 rings (SSSR count). The summed E-state index contributed by atoms with van der Waals surface area (Å²) < 4.78 is 0. The lowest BCUT2D eigenvalue weighted by Gasteiger charge is -2.33. The molecule has 2 N–H and O–H groups in total. The lowest BCUT2D eigenvalue weighted by molar-refractivity contribution is -0.128. The predicted molar refractivity (Wildman–Crippen MR) is 122 cm³/mol. The van der Waals surface area contributed by atoms with E-state index in [0.717, 1.165) is 60.8 Å². The normalized spacial score (nSPS) is 15.1. The largest absolute Gasteiger partial charge is 0.355 e. The van der Waals surface area contributed by atoms with Gasteiger partial charge in [0.25, 0.3) is 0 Å². The van der Waals surface area contributed by atoms with Crippen LogP contribution in [-0.4, -0.2) is 45.7 Å². The Morgan fingerprint density at radius 1 is 1.10 bits per heavy atom. The van der Waals surface area contributed by atoms with Crippen molar-refractivity contribution in [2.45, 2.75) is 33.6 Å². The Morgan fingerprint density at radius 2 is 1.84 bits per heavy atom. The third kappa shape index (κ3) is 4.93. The lowest BCUT2D eigenvalue weighted by atomic mass is 9.93. The number of piperidine rings is 1. The van der Waals surface area contributed by atoms with Gasteiger partial charge in [0, 0.05) is 42.4 Å². The van der Waals surface area contributed by atoms with E-state index in [1.54, 1.807) is 6.20 Å². The van der Waals surface area contributed by atoms with E-state index in [-0.39, 0.29) is 11.3 Å². The smallest absolute Gasteiger partial charge is 0.225 e. The van der Waals surface area contributed by atoms with Crippen molar-refractivity contribution in [2.75, 3.05) is 24.5 Å². The van der Waals surface area contributed by atoms with Gasteiger partial charge in [-0.2, -0.15) is 5.10 Å². The quantitative estimate of drug-likeness (QED) is 0.656. The van der Waals surface area contributed by atoms with Gasteiger partial charge in [0.1, 0.15) is 5.82 Å². The molecular formula is C24H30N6O. The molecule has 0 saturated carbocycles. The first-order chi connectivity index (χ1) is 14.9. The summed E-state index contributed by atoms with van der Waals surface area (Å²) in [6.07, 6.45) is 7.52. The Bertz CT molecular complexity index is 1000. The molecular weight excluding hydrogens is 388 g/mol. The number of hydrogen-bond acceptors (Lipinski definition) is 5. The highest BCUT2D eigenvalue weighted by molar-refractivity contribution is 5.81. The molecule has 3 aromatic rings. The molecule has 3 heterocycles. The van der Waals surface area contributed by atoms with Crippen molar-refractivity contribution < 1.29 is 4.79 Å². The van der Waals surface area contributed by atoms with Crippen LogP contribution in [0.2, 0.25) is 0 Å². The van der Waals surface area contributed by atoms with Gasteiger partial charge in [0.2, 0.25) is 5.91 Å². The van der Waals surface area contributed by atoms with Crippen LogP contribution >= 0.6 is 0 Å². The Morgan fingerprint density at radius 3 is 2.48 bits per heavy atom. The van der Waals surface area contributed by atoms with E-state index in [0.29, 0.717) is 5.92 Å². The number of rotatable bonds is 5. The molecule has 0 bridgehead atoms. The van der Waals surface area contributed by atoms with Gasteiger partial charge in [-0.05, 0) is 18.8 Å². The Hall–Kier alpha value is -3.22. The fraction of sp³-hybridized carbons (Fsp3) is 0.417. The Balaban J connectivity index is 1.48. The first-order valence-corrected chi connectivity index (χ1v) is 10.9. The summed E-state index contributed by atoms with van der Waals surface area (Å²) in [6.45, 7) is 8.39. The van der Waals surface area contributed by atoms with Crippen molar-refractivity contribution in [3.63, 3.8) is 0 Å². The second-order valence-electron chi connectivity index (χ2n) is 9.17. The van der Waals surface area contributed by atoms with E-state index < -0.39 is 0 Å². The van der Waals surface area contributed by atoms with Crippen LogP contribution in [0.1, 0.15) is 33.6 Å². The number of anilines is 1. The van der Waals surface area contributed by atoms with Crippen molar-refractivity contribution in [2.24, 2.45) is 11.3 Å². The molecule has 7 heteroatoms. The van der Waals surface area contributed by atoms with Crippen molar-refractivity contribution in [1.82, 2.24) is 25.5 Å². The van der Waals surface area contributed by atoms with Crippen LogP contribution < -0.4 is 10.2 Å². The summed E-state index contributed by atoms with van der Waals surface area (Å²) in [4.78, 5) is 24.2. The summed E-state index contributed by atoms with van der Waals surface area (Å²) in [6, 6.07) is 10.1. The van der Waals surface area contributed by atoms with Crippen molar-refractivity contribution in [3.8, 4) is 22.5 Å². The standard InChI is InChI=1S/C24H30N6O/c1-24(2,3)23(31)26-13-17-9-11-30(12-10-17)20-16-25-21(19-14-27-28-15-19)22(29-20)18-7-5-4-6-8-18/h4-8,14-17H,9-13H2,1-3H3,(H,26,31)(H,27,28). The molecule has 1 aliphatic rings. The molecule has 0 atom stereocenters. The summed E-state index contributed by atoms with van der Waals surface area (Å²) in [5, 5.41) is 10.0. The molecule has 7 nitrogen and oxygen atoms in total. The molecule has 1 saturated heterocycles. The molecule has 2 aromatic heterocycles. The molecule has 0 spiro atoms. The third-order valence-corrected chi connectivity index (χ3v) is 5.75. The number of hydrogen-bond donors (Lipinski definition) is 2. The highest BCUT2D eigenvalue weighted by Crippen LogP contribution is 2.31. The van der Waals surface area contributed by atoms with E-state index in [1.165, 1.54) is 0 Å². The van der Waals surface area contributed by atoms with Crippen molar-refractivity contribution in [1.29, 1.82) is 0 Å². The summed E-state index contributed by atoms with van der Waals surface area (Å²) in [5.41, 5.74) is 3.29. The van der Waals surface area contributed by atoms with Gasteiger partial charge in [0.05, 0.1) is 23.8 Å². The number of carbonyl (C=O) groups is 1. The molecule has 0 radical (unpaired) electrons. The first kappa shape index (κ1) is 21.0. The molecule has 1 fully saturated rings. The fourth-order valence-corrected chi connectivity index (χ4v) is 3.79. The van der Waals surface area contributed by atoms with Crippen LogP contribution in [0, 0.1) is 11.3 Å². The average Bonchev–Trinajstić information content (AvgIpc) is 3.32. The van der Waals surface area contributed by atoms with Crippen molar-refractivity contribution in [3.05, 3.63) is 48.9 Å². The minimum atomic E-state index is -0.346. The minimum absolute atomic E-state index is 0.114. The predicted octanol–water partition coefficient (Wildman–Crippen LogP) is 3.91. The van der Waals surface area contributed by atoms with Gasteiger partial charge in [-0.25, -0.2) is 9.97 Å². The van der Waals surface area contributed by atoms with Gasteiger partial charge < -0.3 is 10.2 Å². The summed E-state index contributed by atoms with van der Waals surface area (Å²) >= 11 is 0. The number of H-pyrrole nitrogens is 1.